The summed E-state index contributed by atoms with van der Waals surface area (Å²) in [6.45, 7) is 1.56. The van der Waals surface area contributed by atoms with Crippen LogP contribution >= 0.6 is 55.1 Å². The lowest BCUT2D eigenvalue weighted by atomic mass is 9.74. The van der Waals surface area contributed by atoms with E-state index in [2.05, 4.69) is 56.1 Å². The molecule has 0 radical (unpaired) electrons. The third kappa shape index (κ3) is 3.90. The number of nitrogens with zero attached hydrogens (tertiary/aromatic N) is 1. The van der Waals surface area contributed by atoms with Gasteiger partial charge >= 0.3 is 0 Å². The van der Waals surface area contributed by atoms with Gasteiger partial charge in [-0.25, -0.2) is 0 Å². The highest BCUT2D eigenvalue weighted by Gasteiger charge is 2.34. The van der Waals surface area contributed by atoms with Gasteiger partial charge in [0, 0.05) is 28.0 Å². The van der Waals surface area contributed by atoms with Crippen molar-refractivity contribution >= 4 is 61.0 Å². The predicted octanol–water partition coefficient (Wildman–Crippen LogP) is 6.57. The van der Waals surface area contributed by atoms with E-state index in [1.54, 1.807) is 0 Å². The highest BCUT2D eigenvalue weighted by molar-refractivity contribution is 9.10. The van der Waals surface area contributed by atoms with Crippen molar-refractivity contribution in [1.82, 2.24) is 4.90 Å². The molecule has 2 aromatic rings. The van der Waals surface area contributed by atoms with E-state index >= 15 is 0 Å². The maximum absolute atomic E-state index is 12.0. The molecule has 0 bridgehead atoms. The Balaban J connectivity index is 1.75. The van der Waals surface area contributed by atoms with Gasteiger partial charge in [0.15, 0.2) is 0 Å². The minimum atomic E-state index is 0.0419. The van der Waals surface area contributed by atoms with Crippen LogP contribution in [0.2, 0.25) is 5.02 Å². The number of benzene rings is 2. The molecule has 1 aliphatic carbocycles. The Morgan fingerprint density at radius 2 is 1.79 bits per heavy atom. The largest absolute Gasteiger partial charge is 0.342 e. The number of aryl methyl sites for hydroxylation is 1. The fraction of sp³-hybridized carbons (Fsp3) is 0.409. The number of hydrogen-bond donors (Lipinski definition) is 0. The molecule has 1 fully saturated rings. The Morgan fingerprint density at radius 3 is 2.50 bits per heavy atom. The van der Waals surface area contributed by atoms with Crippen molar-refractivity contribution in [3.63, 3.8) is 0 Å². The van der Waals surface area contributed by atoms with Crippen LogP contribution in [0.1, 0.15) is 41.0 Å². The lowest BCUT2D eigenvalue weighted by Crippen LogP contribution is -2.40. The highest BCUT2D eigenvalue weighted by Crippen LogP contribution is 2.46. The summed E-state index contributed by atoms with van der Waals surface area (Å²) in [5.74, 6) is 0.922. The first kappa shape index (κ1) is 20.7. The zero-order valence-corrected chi connectivity index (χ0v) is 20.0. The summed E-state index contributed by atoms with van der Waals surface area (Å²) in [6, 6.07) is 10.9. The maximum atomic E-state index is 12.0. The molecule has 0 N–H and O–H groups in total. The third-order valence-corrected chi connectivity index (χ3v) is 8.30. The number of piperidine rings is 1. The van der Waals surface area contributed by atoms with E-state index in [1.165, 1.54) is 22.3 Å². The van der Waals surface area contributed by atoms with Crippen molar-refractivity contribution in [2.24, 2.45) is 5.92 Å². The molecule has 1 saturated heterocycles. The topological polar surface area (TPSA) is 20.3 Å². The van der Waals surface area contributed by atoms with Crippen LogP contribution in [0.25, 0.3) is 0 Å². The number of carbonyl (C=O) groups is 1. The molecule has 0 saturated carbocycles. The summed E-state index contributed by atoms with van der Waals surface area (Å²) in [5.41, 5.74) is 5.51. The molecule has 1 amide bonds. The van der Waals surface area contributed by atoms with Gasteiger partial charge < -0.3 is 4.90 Å². The quantitative estimate of drug-likeness (QED) is 0.391. The summed E-state index contributed by atoms with van der Waals surface area (Å²) in [7, 11) is 0. The second-order valence-corrected chi connectivity index (χ2v) is 9.98. The summed E-state index contributed by atoms with van der Waals surface area (Å²) in [5, 5.41) is 0.771. The van der Waals surface area contributed by atoms with Crippen LogP contribution in [-0.2, 0) is 17.6 Å². The van der Waals surface area contributed by atoms with E-state index in [4.69, 9.17) is 23.2 Å². The first-order valence-corrected chi connectivity index (χ1v) is 12.1. The first-order valence-electron chi connectivity index (χ1n) is 9.58. The number of rotatable bonds is 2. The predicted molar refractivity (Wildman–Crippen MR) is 123 cm³/mol. The second-order valence-electron chi connectivity index (χ2n) is 7.60. The van der Waals surface area contributed by atoms with Gasteiger partial charge in [-0.3, -0.25) is 4.79 Å². The SMILES string of the molecule is O=C(CCl)N1CCC(C2c3ccc(Br)cc3CCc3c2ccc(Cl)c3Br)CC1. The van der Waals surface area contributed by atoms with Gasteiger partial charge in [0.05, 0.1) is 5.02 Å². The molecular formula is C22H21Br2Cl2NO. The minimum Gasteiger partial charge on any atom is -0.342 e. The molecule has 6 heteroatoms. The average molecular weight is 546 g/mol. The molecule has 1 unspecified atom stereocenters. The Bertz CT molecular complexity index is 910. The summed E-state index contributed by atoms with van der Waals surface area (Å²) in [6.07, 6.45) is 3.95. The Hall–Kier alpha value is -0.550. The van der Waals surface area contributed by atoms with E-state index in [9.17, 15) is 4.79 Å². The van der Waals surface area contributed by atoms with Crippen LogP contribution in [0, 0.1) is 5.92 Å². The fourth-order valence-electron chi connectivity index (χ4n) is 4.75. The molecule has 1 aliphatic heterocycles. The van der Waals surface area contributed by atoms with E-state index in [-0.39, 0.29) is 11.8 Å². The molecule has 1 heterocycles. The van der Waals surface area contributed by atoms with Gasteiger partial charge in [0.2, 0.25) is 5.91 Å². The van der Waals surface area contributed by atoms with Crippen molar-refractivity contribution in [2.75, 3.05) is 19.0 Å². The molecule has 0 spiro atoms. The van der Waals surface area contributed by atoms with E-state index < -0.39 is 0 Å². The summed E-state index contributed by atoms with van der Waals surface area (Å²) in [4.78, 5) is 13.9. The van der Waals surface area contributed by atoms with Gasteiger partial charge in [-0.05, 0) is 88.0 Å². The number of amides is 1. The number of halogens is 4. The van der Waals surface area contributed by atoms with Gasteiger partial charge in [0.25, 0.3) is 0 Å². The van der Waals surface area contributed by atoms with Crippen LogP contribution in [0.5, 0.6) is 0 Å². The van der Waals surface area contributed by atoms with E-state index in [1.807, 2.05) is 11.0 Å². The number of alkyl halides is 1. The fourth-order valence-corrected chi connectivity index (χ4v) is 6.06. The van der Waals surface area contributed by atoms with Crippen LogP contribution in [0.3, 0.4) is 0 Å². The monoisotopic (exact) mass is 543 g/mol. The van der Waals surface area contributed by atoms with Crippen molar-refractivity contribution in [2.45, 2.75) is 31.6 Å². The zero-order chi connectivity index (χ0) is 19.8. The Morgan fingerprint density at radius 1 is 1.07 bits per heavy atom. The lowest BCUT2D eigenvalue weighted by Gasteiger charge is -2.37. The van der Waals surface area contributed by atoms with Crippen LogP contribution in [0.4, 0.5) is 0 Å². The van der Waals surface area contributed by atoms with Crippen molar-refractivity contribution < 1.29 is 4.79 Å². The standard InChI is InChI=1S/C22H21Br2Cl2NO/c23-15-2-4-16-14(11-15)1-3-18-17(5-6-19(26)22(18)24)21(16)13-7-9-27(10-8-13)20(28)12-25/h2,4-6,11,13,21H,1,3,7-10,12H2. The van der Waals surface area contributed by atoms with Crippen molar-refractivity contribution in [3.05, 3.63) is 66.6 Å². The van der Waals surface area contributed by atoms with Gasteiger partial charge in [-0.15, -0.1) is 11.6 Å². The molecule has 4 rings (SSSR count). The lowest BCUT2D eigenvalue weighted by molar-refractivity contribution is -0.129. The smallest absolute Gasteiger partial charge is 0.237 e. The number of likely N-dealkylation sites (tertiary alicyclic amines) is 1. The second kappa shape index (κ2) is 8.67. The summed E-state index contributed by atoms with van der Waals surface area (Å²) < 4.78 is 2.15. The van der Waals surface area contributed by atoms with Gasteiger partial charge in [-0.1, -0.05) is 39.7 Å². The van der Waals surface area contributed by atoms with Crippen LogP contribution in [-0.4, -0.2) is 29.8 Å². The molecular weight excluding hydrogens is 525 g/mol. The third-order valence-electron chi connectivity index (χ3n) is 6.13. The molecule has 1 atom stereocenters. The summed E-state index contributed by atoms with van der Waals surface area (Å²) >= 11 is 19.6. The van der Waals surface area contributed by atoms with Crippen LogP contribution in [0.15, 0.2) is 39.3 Å². The average Bonchev–Trinajstić information content (AvgIpc) is 2.87. The number of carbonyl (C=O) groups excluding carboxylic acids is 1. The highest BCUT2D eigenvalue weighted by atomic mass is 79.9. The molecule has 2 nitrogen and oxygen atoms in total. The first-order chi connectivity index (χ1) is 13.5. The molecule has 2 aromatic carbocycles. The van der Waals surface area contributed by atoms with Crippen molar-refractivity contribution in [1.29, 1.82) is 0 Å². The van der Waals surface area contributed by atoms with Crippen molar-refractivity contribution in [3.8, 4) is 0 Å². The number of hydrogen-bond acceptors (Lipinski definition) is 1. The zero-order valence-electron chi connectivity index (χ0n) is 15.4. The normalized spacial score (nSPS) is 19.7. The number of fused-ring (bicyclic) bond motifs is 2. The molecule has 28 heavy (non-hydrogen) atoms. The maximum Gasteiger partial charge on any atom is 0.237 e. The molecule has 0 aromatic heterocycles. The van der Waals surface area contributed by atoms with E-state index in [0.29, 0.717) is 11.8 Å². The van der Waals surface area contributed by atoms with E-state index in [0.717, 1.165) is 52.7 Å². The molecule has 2 aliphatic rings. The van der Waals surface area contributed by atoms with Gasteiger partial charge in [0.1, 0.15) is 5.88 Å². The van der Waals surface area contributed by atoms with Crippen LogP contribution < -0.4 is 0 Å². The molecule has 148 valence electrons. The Kier molecular flexibility index (Phi) is 6.41. The van der Waals surface area contributed by atoms with Gasteiger partial charge in [-0.2, -0.15) is 0 Å². The minimum absolute atomic E-state index is 0.0419. The Labute approximate surface area is 192 Å².